The first-order chi connectivity index (χ1) is 8.09. The molecule has 0 aromatic heterocycles. The Bertz CT molecular complexity index is 391. The predicted molar refractivity (Wildman–Crippen MR) is 67.9 cm³/mol. The first-order valence-electron chi connectivity index (χ1n) is 6.00. The standard InChI is InChI=1S/C13H17ClFNO/c14-11-5-4-10(8-12(11)15)16-9-13(17)6-2-1-3-7-13/h4-5,8,16-17H,1-3,6-7,9H2. The Labute approximate surface area is 106 Å². The lowest BCUT2D eigenvalue weighted by Crippen LogP contribution is -2.38. The molecule has 0 radical (unpaired) electrons. The molecule has 0 amide bonds. The second-order valence-electron chi connectivity index (χ2n) is 4.77. The number of hydrogen-bond donors (Lipinski definition) is 2. The lowest BCUT2D eigenvalue weighted by atomic mass is 9.85. The quantitative estimate of drug-likeness (QED) is 0.867. The van der Waals surface area contributed by atoms with E-state index >= 15 is 0 Å². The van der Waals surface area contributed by atoms with Gasteiger partial charge in [-0.3, -0.25) is 0 Å². The Kier molecular flexibility index (Phi) is 3.89. The van der Waals surface area contributed by atoms with Crippen molar-refractivity contribution in [2.24, 2.45) is 0 Å². The number of aliphatic hydroxyl groups is 1. The van der Waals surface area contributed by atoms with Gasteiger partial charge in [-0.05, 0) is 31.0 Å². The molecular formula is C13H17ClFNO. The lowest BCUT2D eigenvalue weighted by molar-refractivity contribution is 0.0167. The maximum Gasteiger partial charge on any atom is 0.143 e. The number of hydrogen-bond acceptors (Lipinski definition) is 2. The van der Waals surface area contributed by atoms with E-state index in [0.717, 1.165) is 25.7 Å². The summed E-state index contributed by atoms with van der Waals surface area (Å²) in [4.78, 5) is 0. The van der Waals surface area contributed by atoms with Gasteiger partial charge in [0.25, 0.3) is 0 Å². The van der Waals surface area contributed by atoms with Crippen molar-refractivity contribution in [3.63, 3.8) is 0 Å². The van der Waals surface area contributed by atoms with Crippen LogP contribution in [0.3, 0.4) is 0 Å². The van der Waals surface area contributed by atoms with Gasteiger partial charge in [0.2, 0.25) is 0 Å². The molecule has 17 heavy (non-hydrogen) atoms. The normalized spacial score (nSPS) is 19.0. The highest BCUT2D eigenvalue weighted by molar-refractivity contribution is 6.30. The number of nitrogens with one attached hydrogen (secondary N) is 1. The van der Waals surface area contributed by atoms with E-state index in [1.165, 1.54) is 18.6 Å². The van der Waals surface area contributed by atoms with Gasteiger partial charge in [-0.15, -0.1) is 0 Å². The fourth-order valence-corrected chi connectivity index (χ4v) is 2.38. The fraction of sp³-hybridized carbons (Fsp3) is 0.538. The zero-order valence-electron chi connectivity index (χ0n) is 9.68. The van der Waals surface area contributed by atoms with Gasteiger partial charge < -0.3 is 10.4 Å². The molecule has 1 saturated carbocycles. The summed E-state index contributed by atoms with van der Waals surface area (Å²) in [6.07, 6.45) is 4.95. The maximum absolute atomic E-state index is 13.2. The molecule has 0 saturated heterocycles. The van der Waals surface area contributed by atoms with Gasteiger partial charge in [0.15, 0.2) is 0 Å². The first-order valence-corrected chi connectivity index (χ1v) is 6.38. The van der Waals surface area contributed by atoms with Crippen molar-refractivity contribution in [1.82, 2.24) is 0 Å². The molecule has 1 aromatic carbocycles. The highest BCUT2D eigenvalue weighted by Gasteiger charge is 2.28. The van der Waals surface area contributed by atoms with Gasteiger partial charge in [0, 0.05) is 12.2 Å². The summed E-state index contributed by atoms with van der Waals surface area (Å²) in [7, 11) is 0. The van der Waals surface area contributed by atoms with Crippen LogP contribution in [0.5, 0.6) is 0 Å². The molecule has 2 rings (SSSR count). The van der Waals surface area contributed by atoms with Crippen LogP contribution in [-0.2, 0) is 0 Å². The number of rotatable bonds is 3. The molecule has 0 atom stereocenters. The molecule has 1 fully saturated rings. The van der Waals surface area contributed by atoms with Crippen molar-refractivity contribution in [1.29, 1.82) is 0 Å². The molecule has 0 bridgehead atoms. The molecule has 0 unspecified atom stereocenters. The van der Waals surface area contributed by atoms with E-state index in [1.54, 1.807) is 6.07 Å². The molecule has 94 valence electrons. The molecule has 0 aliphatic heterocycles. The third kappa shape index (κ3) is 3.33. The molecule has 0 spiro atoms. The fourth-order valence-electron chi connectivity index (χ4n) is 2.26. The van der Waals surface area contributed by atoms with Crippen LogP contribution in [-0.4, -0.2) is 17.3 Å². The van der Waals surface area contributed by atoms with Crippen molar-refractivity contribution < 1.29 is 9.50 Å². The minimum Gasteiger partial charge on any atom is -0.388 e. The van der Waals surface area contributed by atoms with Crippen LogP contribution < -0.4 is 5.32 Å². The topological polar surface area (TPSA) is 32.3 Å². The first kappa shape index (κ1) is 12.7. The van der Waals surface area contributed by atoms with Gasteiger partial charge in [-0.2, -0.15) is 0 Å². The van der Waals surface area contributed by atoms with Gasteiger partial charge >= 0.3 is 0 Å². The SMILES string of the molecule is OC1(CNc2ccc(Cl)c(F)c2)CCCCC1. The summed E-state index contributed by atoms with van der Waals surface area (Å²) in [6.45, 7) is 0.466. The van der Waals surface area contributed by atoms with E-state index in [-0.39, 0.29) is 5.02 Å². The van der Waals surface area contributed by atoms with Crippen molar-refractivity contribution in [2.75, 3.05) is 11.9 Å². The summed E-state index contributed by atoms with van der Waals surface area (Å²) < 4.78 is 13.2. The minimum absolute atomic E-state index is 0.118. The van der Waals surface area contributed by atoms with Crippen LogP contribution in [0.15, 0.2) is 18.2 Å². The Hall–Kier alpha value is -0.800. The summed E-state index contributed by atoms with van der Waals surface area (Å²) >= 11 is 5.60. The van der Waals surface area contributed by atoms with E-state index in [9.17, 15) is 9.50 Å². The molecule has 0 heterocycles. The molecular weight excluding hydrogens is 241 g/mol. The van der Waals surface area contributed by atoms with Crippen molar-refractivity contribution >= 4 is 17.3 Å². The minimum atomic E-state index is -0.644. The number of anilines is 1. The lowest BCUT2D eigenvalue weighted by Gasteiger charge is -2.32. The van der Waals surface area contributed by atoms with Crippen molar-refractivity contribution in [3.05, 3.63) is 29.0 Å². The maximum atomic E-state index is 13.2. The summed E-state index contributed by atoms with van der Waals surface area (Å²) in [5.74, 6) is -0.438. The van der Waals surface area contributed by atoms with Crippen LogP contribution in [0, 0.1) is 5.82 Å². The van der Waals surface area contributed by atoms with Crippen LogP contribution in [0.2, 0.25) is 5.02 Å². The summed E-state index contributed by atoms with van der Waals surface area (Å²) in [6, 6.07) is 4.59. The zero-order chi connectivity index (χ0) is 12.3. The van der Waals surface area contributed by atoms with Gasteiger partial charge in [0.1, 0.15) is 5.82 Å². The second-order valence-corrected chi connectivity index (χ2v) is 5.17. The average Bonchev–Trinajstić information content (AvgIpc) is 2.32. The predicted octanol–water partition coefficient (Wildman–Crippen LogP) is 3.59. The zero-order valence-corrected chi connectivity index (χ0v) is 10.4. The molecule has 1 aliphatic carbocycles. The van der Waals surface area contributed by atoms with E-state index < -0.39 is 11.4 Å². The van der Waals surface area contributed by atoms with E-state index in [4.69, 9.17) is 11.6 Å². The van der Waals surface area contributed by atoms with Crippen LogP contribution in [0.25, 0.3) is 0 Å². The monoisotopic (exact) mass is 257 g/mol. The average molecular weight is 258 g/mol. The number of halogens is 2. The second kappa shape index (κ2) is 5.23. The molecule has 1 aliphatic rings. The van der Waals surface area contributed by atoms with E-state index in [2.05, 4.69) is 5.32 Å². The van der Waals surface area contributed by atoms with E-state index in [0.29, 0.717) is 12.2 Å². The highest BCUT2D eigenvalue weighted by atomic mass is 35.5. The Morgan fingerprint density at radius 2 is 2.00 bits per heavy atom. The van der Waals surface area contributed by atoms with Crippen LogP contribution in [0.4, 0.5) is 10.1 Å². The third-order valence-corrected chi connectivity index (χ3v) is 3.63. The highest BCUT2D eigenvalue weighted by Crippen LogP contribution is 2.28. The summed E-state index contributed by atoms with van der Waals surface area (Å²) in [5.41, 5.74) is 0.0138. The summed E-state index contributed by atoms with van der Waals surface area (Å²) in [5, 5.41) is 13.5. The van der Waals surface area contributed by atoms with Gasteiger partial charge in [-0.25, -0.2) is 4.39 Å². The molecule has 2 nitrogen and oxygen atoms in total. The Balaban J connectivity index is 1.94. The molecule has 2 N–H and O–H groups in total. The van der Waals surface area contributed by atoms with Crippen molar-refractivity contribution in [3.8, 4) is 0 Å². The van der Waals surface area contributed by atoms with Crippen LogP contribution >= 0.6 is 11.6 Å². The molecule has 1 aromatic rings. The number of benzene rings is 1. The smallest absolute Gasteiger partial charge is 0.143 e. The van der Waals surface area contributed by atoms with Gasteiger partial charge in [-0.1, -0.05) is 30.9 Å². The van der Waals surface area contributed by atoms with Crippen molar-refractivity contribution in [2.45, 2.75) is 37.7 Å². The third-order valence-electron chi connectivity index (χ3n) is 3.33. The largest absolute Gasteiger partial charge is 0.388 e. The Morgan fingerprint density at radius 3 is 2.65 bits per heavy atom. The molecule has 4 heteroatoms. The van der Waals surface area contributed by atoms with Crippen LogP contribution in [0.1, 0.15) is 32.1 Å². The van der Waals surface area contributed by atoms with E-state index in [1.807, 2.05) is 0 Å². The van der Waals surface area contributed by atoms with Gasteiger partial charge in [0.05, 0.1) is 10.6 Å². The Morgan fingerprint density at radius 1 is 1.29 bits per heavy atom.